The summed E-state index contributed by atoms with van der Waals surface area (Å²) < 4.78 is 42.7. The zero-order valence-electron chi connectivity index (χ0n) is 18.6. The average Bonchev–Trinajstić information content (AvgIpc) is 2.76. The van der Waals surface area contributed by atoms with E-state index >= 15 is 0 Å². The second-order valence-electron chi connectivity index (χ2n) is 8.32. The second kappa shape index (κ2) is 10.6. The summed E-state index contributed by atoms with van der Waals surface area (Å²) in [6, 6.07) is 5.30. The van der Waals surface area contributed by atoms with Crippen LogP contribution in [0.3, 0.4) is 0 Å². The molecule has 1 aromatic carbocycles. The third kappa shape index (κ3) is 5.76. The molecule has 0 saturated heterocycles. The zero-order chi connectivity index (χ0) is 24.1. The van der Waals surface area contributed by atoms with E-state index in [-0.39, 0.29) is 17.7 Å². The summed E-state index contributed by atoms with van der Waals surface area (Å²) in [7, 11) is 0. The van der Waals surface area contributed by atoms with Crippen molar-refractivity contribution in [1.29, 1.82) is 0 Å². The number of benzene rings is 1. The van der Waals surface area contributed by atoms with Gasteiger partial charge in [0.1, 0.15) is 28.8 Å². The number of amides is 1. The van der Waals surface area contributed by atoms with Crippen LogP contribution in [0, 0.1) is 29.3 Å². The van der Waals surface area contributed by atoms with Gasteiger partial charge in [0.2, 0.25) is 0 Å². The number of hydrogen-bond acceptors (Lipinski definition) is 4. The van der Waals surface area contributed by atoms with E-state index in [1.165, 1.54) is 6.20 Å². The van der Waals surface area contributed by atoms with Crippen molar-refractivity contribution in [2.24, 2.45) is 22.6 Å². The molecule has 0 unspecified atom stereocenters. The SMILES string of the molecule is C=C(/C(=C\N=C/C)NC(=O)c1ccc(F)c(-c2c(F)cccc2F)n1)[C@@H]1C[C@H](C)C[C@H](N)C1. The van der Waals surface area contributed by atoms with Crippen molar-refractivity contribution in [3.63, 3.8) is 0 Å². The normalized spacial score (nSPS) is 21.3. The molecule has 1 aromatic heterocycles. The molecule has 3 N–H and O–H groups in total. The molecule has 1 heterocycles. The summed E-state index contributed by atoms with van der Waals surface area (Å²) in [6.45, 7) is 8.01. The predicted molar refractivity (Wildman–Crippen MR) is 123 cm³/mol. The monoisotopic (exact) mass is 456 g/mol. The van der Waals surface area contributed by atoms with Crippen LogP contribution in [0.4, 0.5) is 13.2 Å². The van der Waals surface area contributed by atoms with Crippen LogP contribution in [0.1, 0.15) is 43.6 Å². The summed E-state index contributed by atoms with van der Waals surface area (Å²) in [6.07, 6.45) is 5.58. The minimum absolute atomic E-state index is 0.0408. The van der Waals surface area contributed by atoms with Crippen LogP contribution in [-0.2, 0) is 0 Å². The Labute approximate surface area is 191 Å². The van der Waals surface area contributed by atoms with Crippen molar-refractivity contribution in [3.05, 3.63) is 77.5 Å². The number of carbonyl (C=O) groups is 1. The molecule has 0 aliphatic heterocycles. The number of carbonyl (C=O) groups excluding carboxylic acids is 1. The Hall–Kier alpha value is -3.26. The molecule has 33 heavy (non-hydrogen) atoms. The van der Waals surface area contributed by atoms with Crippen LogP contribution >= 0.6 is 0 Å². The molecule has 1 amide bonds. The van der Waals surface area contributed by atoms with E-state index in [9.17, 15) is 18.0 Å². The molecule has 174 valence electrons. The first-order chi connectivity index (χ1) is 15.7. The molecule has 1 aliphatic rings. The average molecular weight is 457 g/mol. The van der Waals surface area contributed by atoms with Gasteiger partial charge in [-0.15, -0.1) is 0 Å². The van der Waals surface area contributed by atoms with Gasteiger partial charge < -0.3 is 11.1 Å². The number of nitrogens with zero attached hydrogens (tertiary/aromatic N) is 2. The molecule has 3 rings (SSSR count). The topological polar surface area (TPSA) is 80.4 Å². The van der Waals surface area contributed by atoms with Crippen LogP contribution in [0.2, 0.25) is 0 Å². The number of nitrogens with one attached hydrogen (secondary N) is 1. The number of aliphatic imine (C=N–C) groups is 1. The first-order valence-corrected chi connectivity index (χ1v) is 10.8. The van der Waals surface area contributed by atoms with Gasteiger partial charge in [0.15, 0.2) is 0 Å². The highest BCUT2D eigenvalue weighted by Crippen LogP contribution is 2.34. The van der Waals surface area contributed by atoms with Gasteiger partial charge in [0.25, 0.3) is 5.91 Å². The summed E-state index contributed by atoms with van der Waals surface area (Å²) in [5.74, 6) is -3.11. The van der Waals surface area contributed by atoms with Crippen molar-refractivity contribution in [2.45, 2.75) is 39.2 Å². The third-order valence-electron chi connectivity index (χ3n) is 5.70. The van der Waals surface area contributed by atoms with Gasteiger partial charge in [-0.05, 0) is 67.9 Å². The van der Waals surface area contributed by atoms with E-state index in [1.54, 1.807) is 13.1 Å². The molecule has 1 saturated carbocycles. The van der Waals surface area contributed by atoms with Gasteiger partial charge in [-0.25, -0.2) is 18.2 Å². The number of hydrogen-bond donors (Lipinski definition) is 2. The smallest absolute Gasteiger partial charge is 0.274 e. The Bertz CT molecular complexity index is 1080. The van der Waals surface area contributed by atoms with E-state index in [2.05, 4.69) is 28.8 Å². The summed E-state index contributed by atoms with van der Waals surface area (Å²) in [4.78, 5) is 21.0. The van der Waals surface area contributed by atoms with Crippen LogP contribution in [0.15, 0.2) is 59.4 Å². The lowest BCUT2D eigenvalue weighted by Crippen LogP contribution is -2.34. The van der Waals surface area contributed by atoms with Gasteiger partial charge in [0, 0.05) is 12.3 Å². The Balaban J connectivity index is 1.90. The van der Waals surface area contributed by atoms with Crippen molar-refractivity contribution in [3.8, 4) is 11.3 Å². The van der Waals surface area contributed by atoms with E-state index in [0.29, 0.717) is 17.2 Å². The summed E-state index contributed by atoms with van der Waals surface area (Å²) in [5.41, 5.74) is 5.81. The highest BCUT2D eigenvalue weighted by molar-refractivity contribution is 5.94. The van der Waals surface area contributed by atoms with Gasteiger partial charge in [-0.2, -0.15) is 0 Å². The van der Waals surface area contributed by atoms with Crippen LogP contribution in [-0.4, -0.2) is 23.1 Å². The molecule has 0 spiro atoms. The lowest BCUT2D eigenvalue weighted by atomic mass is 9.76. The quantitative estimate of drug-likeness (QED) is 0.466. The van der Waals surface area contributed by atoms with E-state index in [4.69, 9.17) is 5.73 Å². The highest BCUT2D eigenvalue weighted by atomic mass is 19.1. The summed E-state index contributed by atoms with van der Waals surface area (Å²) >= 11 is 0. The third-order valence-corrected chi connectivity index (χ3v) is 5.70. The number of aromatic nitrogens is 1. The maximum Gasteiger partial charge on any atom is 0.274 e. The summed E-state index contributed by atoms with van der Waals surface area (Å²) in [5, 5.41) is 2.72. The van der Waals surface area contributed by atoms with Crippen LogP contribution in [0.5, 0.6) is 0 Å². The van der Waals surface area contributed by atoms with Crippen molar-refractivity contribution >= 4 is 12.1 Å². The first kappa shape index (κ1) is 24.4. The predicted octanol–water partition coefficient (Wildman–Crippen LogP) is 5.15. The number of pyridine rings is 1. The Kier molecular flexibility index (Phi) is 7.81. The van der Waals surface area contributed by atoms with Crippen LogP contribution in [0.25, 0.3) is 11.3 Å². The number of halogens is 3. The zero-order valence-corrected chi connectivity index (χ0v) is 18.6. The fraction of sp³-hybridized carbons (Fsp3) is 0.320. The molecule has 1 aliphatic carbocycles. The largest absolute Gasteiger partial charge is 0.328 e. The van der Waals surface area contributed by atoms with Crippen LogP contribution < -0.4 is 11.1 Å². The van der Waals surface area contributed by atoms with E-state index < -0.39 is 34.6 Å². The van der Waals surface area contributed by atoms with Gasteiger partial charge in [-0.1, -0.05) is 19.6 Å². The molecule has 0 bridgehead atoms. The second-order valence-corrected chi connectivity index (χ2v) is 8.32. The molecule has 8 heteroatoms. The number of nitrogens with two attached hydrogens (primary N) is 1. The van der Waals surface area contributed by atoms with Gasteiger partial charge in [0.05, 0.1) is 17.5 Å². The first-order valence-electron chi connectivity index (χ1n) is 10.8. The fourth-order valence-corrected chi connectivity index (χ4v) is 4.16. The van der Waals surface area contributed by atoms with Gasteiger partial charge in [-0.3, -0.25) is 9.79 Å². The highest BCUT2D eigenvalue weighted by Gasteiger charge is 2.28. The van der Waals surface area contributed by atoms with Crippen molar-refractivity contribution < 1.29 is 18.0 Å². The molecular formula is C25H27F3N4O. The lowest BCUT2D eigenvalue weighted by molar-refractivity contribution is 0.0960. The molecule has 0 radical (unpaired) electrons. The molecule has 1 fully saturated rings. The standard InChI is InChI=1S/C25H27F3N4O/c1-4-30-13-22(15(3)16-10-14(2)11-17(29)12-16)32-25(33)21-9-8-20(28)24(31-21)23-18(26)6-5-7-19(23)27/h4-9,13-14,16-17H,3,10-12,29H2,1-2H3,(H,32,33)/b22-13+,30-4-/t14-,16+,17-/m0/s1. The minimum Gasteiger partial charge on any atom is -0.328 e. The van der Waals surface area contributed by atoms with Gasteiger partial charge >= 0.3 is 0 Å². The minimum atomic E-state index is -0.979. The van der Waals surface area contributed by atoms with Crippen molar-refractivity contribution in [2.75, 3.05) is 0 Å². The Morgan fingerprint density at radius 2 is 1.85 bits per heavy atom. The maximum atomic E-state index is 14.4. The maximum absolute atomic E-state index is 14.4. The molecule has 2 aromatic rings. The van der Waals surface area contributed by atoms with Crippen molar-refractivity contribution in [1.82, 2.24) is 10.3 Å². The molecule has 5 nitrogen and oxygen atoms in total. The fourth-order valence-electron chi connectivity index (χ4n) is 4.16. The lowest BCUT2D eigenvalue weighted by Gasteiger charge is -2.33. The van der Waals surface area contributed by atoms with E-state index in [1.807, 2.05) is 0 Å². The van der Waals surface area contributed by atoms with E-state index in [0.717, 1.165) is 49.6 Å². The Morgan fingerprint density at radius 1 is 1.15 bits per heavy atom. The molecular weight excluding hydrogens is 429 g/mol. The number of rotatable bonds is 6. The molecule has 3 atom stereocenters. The Morgan fingerprint density at radius 3 is 2.48 bits per heavy atom. The number of allylic oxidation sites excluding steroid dienone is 1.